The summed E-state index contributed by atoms with van der Waals surface area (Å²) >= 11 is 5.92. The molecule has 2 aromatic rings. The number of aromatic nitrogens is 3. The van der Waals surface area contributed by atoms with Crippen molar-refractivity contribution in [1.82, 2.24) is 19.7 Å². The molecular formula is C17H21ClN4O2. The first-order valence-electron chi connectivity index (χ1n) is 8.21. The lowest BCUT2D eigenvalue weighted by Gasteiger charge is -2.34. The number of likely N-dealkylation sites (tertiary alicyclic amines) is 1. The molecule has 0 bridgehead atoms. The maximum absolute atomic E-state index is 12.8. The predicted molar refractivity (Wildman–Crippen MR) is 91.5 cm³/mol. The second kappa shape index (κ2) is 7.32. The van der Waals surface area contributed by atoms with E-state index < -0.39 is 0 Å². The van der Waals surface area contributed by atoms with Gasteiger partial charge in [-0.2, -0.15) is 0 Å². The van der Waals surface area contributed by atoms with Crippen LogP contribution in [-0.2, 0) is 0 Å². The molecule has 1 saturated heterocycles. The van der Waals surface area contributed by atoms with Crippen LogP contribution < -0.4 is 0 Å². The summed E-state index contributed by atoms with van der Waals surface area (Å²) in [7, 11) is 0. The van der Waals surface area contributed by atoms with Gasteiger partial charge in [0.2, 0.25) is 5.82 Å². The largest absolute Gasteiger partial charge is 0.396 e. The Morgan fingerprint density at radius 2 is 2.08 bits per heavy atom. The summed E-state index contributed by atoms with van der Waals surface area (Å²) in [5.41, 5.74) is 0.814. The van der Waals surface area contributed by atoms with Crippen molar-refractivity contribution in [3.05, 3.63) is 40.9 Å². The van der Waals surface area contributed by atoms with Crippen LogP contribution in [0.15, 0.2) is 24.3 Å². The molecule has 0 radical (unpaired) electrons. The number of nitrogens with zero attached hydrogens (tertiary/aromatic N) is 4. The van der Waals surface area contributed by atoms with Crippen molar-refractivity contribution >= 4 is 17.5 Å². The molecule has 2 heterocycles. The summed E-state index contributed by atoms with van der Waals surface area (Å²) in [6, 6.07) is 7.31. The van der Waals surface area contributed by atoms with Gasteiger partial charge in [0.05, 0.1) is 5.69 Å². The summed E-state index contributed by atoms with van der Waals surface area (Å²) in [5.74, 6) is 0.688. The monoisotopic (exact) mass is 348 g/mol. The minimum atomic E-state index is -0.163. The van der Waals surface area contributed by atoms with E-state index in [4.69, 9.17) is 11.6 Å². The topological polar surface area (TPSA) is 71.2 Å². The number of hydrogen-bond acceptors (Lipinski definition) is 4. The molecule has 1 aliphatic rings. The second-order valence-electron chi connectivity index (χ2n) is 6.03. The average molecular weight is 349 g/mol. The van der Waals surface area contributed by atoms with Crippen LogP contribution in [0, 0.1) is 6.92 Å². The number of benzene rings is 1. The third-order valence-corrected chi connectivity index (χ3v) is 4.63. The van der Waals surface area contributed by atoms with Crippen molar-refractivity contribution in [3.8, 4) is 5.69 Å². The molecule has 1 amide bonds. The standard InChI is InChI=1S/C17H21ClN4O2/c1-12-19-16(20-22(12)15-7-5-13(18)6-8-15)17(24)21-10-3-2-4-14(21)9-11-23/h5-8,14,23H,2-4,9-11H2,1H3. The molecule has 1 aromatic heterocycles. The SMILES string of the molecule is Cc1nc(C(=O)N2CCCCC2CCO)nn1-c1ccc(Cl)cc1. The molecule has 1 N–H and O–H groups in total. The van der Waals surface area contributed by atoms with E-state index in [1.165, 1.54) is 0 Å². The molecule has 1 aliphatic heterocycles. The van der Waals surface area contributed by atoms with Gasteiger partial charge >= 0.3 is 0 Å². The predicted octanol–water partition coefficient (Wildman–Crippen LogP) is 2.61. The van der Waals surface area contributed by atoms with Crippen molar-refractivity contribution < 1.29 is 9.90 Å². The number of amides is 1. The van der Waals surface area contributed by atoms with Gasteiger partial charge in [0.25, 0.3) is 5.91 Å². The fourth-order valence-corrected chi connectivity index (χ4v) is 3.28. The molecule has 0 aliphatic carbocycles. The van der Waals surface area contributed by atoms with Crippen LogP contribution in [-0.4, -0.2) is 49.9 Å². The summed E-state index contributed by atoms with van der Waals surface area (Å²) in [5, 5.41) is 14.3. The highest BCUT2D eigenvalue weighted by molar-refractivity contribution is 6.30. The van der Waals surface area contributed by atoms with Crippen LogP contribution in [0.3, 0.4) is 0 Å². The van der Waals surface area contributed by atoms with Crippen LogP contribution in [0.1, 0.15) is 42.1 Å². The zero-order valence-electron chi connectivity index (χ0n) is 13.7. The zero-order valence-corrected chi connectivity index (χ0v) is 14.4. The first-order valence-corrected chi connectivity index (χ1v) is 8.59. The fraction of sp³-hybridized carbons (Fsp3) is 0.471. The van der Waals surface area contributed by atoms with Gasteiger partial charge in [0.1, 0.15) is 5.82 Å². The maximum Gasteiger partial charge on any atom is 0.293 e. The van der Waals surface area contributed by atoms with Crippen LogP contribution in [0.2, 0.25) is 5.02 Å². The number of carbonyl (C=O) groups excluding carboxylic acids is 1. The summed E-state index contributed by atoms with van der Waals surface area (Å²) in [4.78, 5) is 19.0. The average Bonchev–Trinajstić information content (AvgIpc) is 2.98. The van der Waals surface area contributed by atoms with Gasteiger partial charge < -0.3 is 10.0 Å². The molecular weight excluding hydrogens is 328 g/mol. The van der Waals surface area contributed by atoms with E-state index in [2.05, 4.69) is 10.1 Å². The molecule has 3 rings (SSSR count). The minimum absolute atomic E-state index is 0.0686. The molecule has 0 saturated carbocycles. The highest BCUT2D eigenvalue weighted by atomic mass is 35.5. The maximum atomic E-state index is 12.8. The Morgan fingerprint density at radius 3 is 2.79 bits per heavy atom. The lowest BCUT2D eigenvalue weighted by molar-refractivity contribution is 0.0562. The Balaban J connectivity index is 1.85. The number of piperidine rings is 1. The van der Waals surface area contributed by atoms with Gasteiger partial charge in [0, 0.05) is 24.2 Å². The molecule has 1 fully saturated rings. The summed E-state index contributed by atoms with van der Waals surface area (Å²) in [6.45, 7) is 2.60. The van der Waals surface area contributed by atoms with E-state index in [-0.39, 0.29) is 24.4 Å². The quantitative estimate of drug-likeness (QED) is 0.922. The van der Waals surface area contributed by atoms with Gasteiger partial charge in [0.15, 0.2) is 0 Å². The van der Waals surface area contributed by atoms with Gasteiger partial charge in [-0.1, -0.05) is 11.6 Å². The highest BCUT2D eigenvalue weighted by Crippen LogP contribution is 2.22. The van der Waals surface area contributed by atoms with E-state index in [0.717, 1.165) is 24.9 Å². The van der Waals surface area contributed by atoms with Gasteiger partial charge in [-0.15, -0.1) is 5.10 Å². The van der Waals surface area contributed by atoms with Gasteiger partial charge in [-0.3, -0.25) is 4.79 Å². The molecule has 24 heavy (non-hydrogen) atoms. The number of aliphatic hydroxyl groups excluding tert-OH is 1. The zero-order chi connectivity index (χ0) is 17.1. The molecule has 128 valence electrons. The number of carbonyl (C=O) groups is 1. The smallest absolute Gasteiger partial charge is 0.293 e. The van der Waals surface area contributed by atoms with Crippen LogP contribution in [0.25, 0.3) is 5.69 Å². The van der Waals surface area contributed by atoms with E-state index in [1.807, 2.05) is 19.1 Å². The molecule has 1 aromatic carbocycles. The van der Waals surface area contributed by atoms with E-state index in [0.29, 0.717) is 23.8 Å². The molecule has 6 nitrogen and oxygen atoms in total. The van der Waals surface area contributed by atoms with Crippen LogP contribution in [0.4, 0.5) is 0 Å². The van der Waals surface area contributed by atoms with Crippen molar-refractivity contribution in [2.24, 2.45) is 0 Å². The normalized spacial score (nSPS) is 18.0. The number of halogens is 1. The Hall–Kier alpha value is -1.92. The third-order valence-electron chi connectivity index (χ3n) is 4.38. The number of rotatable bonds is 4. The third kappa shape index (κ3) is 3.44. The van der Waals surface area contributed by atoms with Crippen molar-refractivity contribution in [1.29, 1.82) is 0 Å². The Labute approximate surface area is 146 Å². The Kier molecular flexibility index (Phi) is 5.16. The van der Waals surface area contributed by atoms with E-state index in [1.54, 1.807) is 21.7 Å². The molecule has 0 spiro atoms. The minimum Gasteiger partial charge on any atom is -0.396 e. The lowest BCUT2D eigenvalue weighted by atomic mass is 9.99. The van der Waals surface area contributed by atoms with Gasteiger partial charge in [-0.25, -0.2) is 9.67 Å². The molecule has 1 atom stereocenters. The Bertz CT molecular complexity index is 712. The molecule has 1 unspecified atom stereocenters. The fourth-order valence-electron chi connectivity index (χ4n) is 3.15. The first-order chi connectivity index (χ1) is 11.6. The van der Waals surface area contributed by atoms with Crippen molar-refractivity contribution in [3.63, 3.8) is 0 Å². The van der Waals surface area contributed by atoms with Crippen molar-refractivity contribution in [2.45, 2.75) is 38.6 Å². The number of hydrogen-bond donors (Lipinski definition) is 1. The lowest BCUT2D eigenvalue weighted by Crippen LogP contribution is -2.44. The van der Waals surface area contributed by atoms with E-state index in [9.17, 15) is 9.90 Å². The summed E-state index contributed by atoms with van der Waals surface area (Å²) < 4.78 is 1.65. The number of aryl methyl sites for hydroxylation is 1. The van der Waals surface area contributed by atoms with Crippen LogP contribution in [0.5, 0.6) is 0 Å². The molecule has 7 heteroatoms. The first kappa shape index (κ1) is 16.9. The number of aliphatic hydroxyl groups is 1. The van der Waals surface area contributed by atoms with Crippen LogP contribution >= 0.6 is 11.6 Å². The summed E-state index contributed by atoms with van der Waals surface area (Å²) in [6.07, 6.45) is 3.58. The highest BCUT2D eigenvalue weighted by Gasteiger charge is 2.29. The van der Waals surface area contributed by atoms with E-state index >= 15 is 0 Å². The van der Waals surface area contributed by atoms with Gasteiger partial charge in [-0.05, 0) is 56.9 Å². The second-order valence-corrected chi connectivity index (χ2v) is 6.47. The Morgan fingerprint density at radius 1 is 1.33 bits per heavy atom. The van der Waals surface area contributed by atoms with Crippen molar-refractivity contribution in [2.75, 3.05) is 13.2 Å².